The second-order valence-electron chi connectivity index (χ2n) is 7.26. The smallest absolute Gasteiger partial charge is 0.348 e. The lowest BCUT2D eigenvalue weighted by Gasteiger charge is -2.12. The first-order valence-electron chi connectivity index (χ1n) is 10.3. The molecule has 3 heterocycles. The van der Waals surface area contributed by atoms with Gasteiger partial charge >= 0.3 is 5.97 Å². The standard InChI is InChI=1S/C22H22N4O3S3/c1-3-9-26-20(27)16-12-7-5-6-8-15(12)31-19(16)25-22(26)30-11-14-13(10-23)18(24)32-17(14)21(28)29-4-2/h3H,1,4-9,11,24H2,2H3. The van der Waals surface area contributed by atoms with Crippen molar-refractivity contribution in [2.24, 2.45) is 0 Å². The van der Waals surface area contributed by atoms with E-state index in [0.29, 0.717) is 22.1 Å². The highest BCUT2D eigenvalue weighted by Crippen LogP contribution is 2.37. The largest absolute Gasteiger partial charge is 0.462 e. The molecule has 3 aromatic heterocycles. The number of thiophene rings is 2. The number of aromatic nitrogens is 2. The van der Waals surface area contributed by atoms with Gasteiger partial charge in [-0.2, -0.15) is 5.26 Å². The van der Waals surface area contributed by atoms with Crippen LogP contribution in [0.2, 0.25) is 0 Å². The van der Waals surface area contributed by atoms with Crippen LogP contribution in [0.25, 0.3) is 10.2 Å². The fourth-order valence-corrected chi connectivity index (χ4v) is 7.23. The van der Waals surface area contributed by atoms with E-state index in [2.05, 4.69) is 12.6 Å². The topological polar surface area (TPSA) is 111 Å². The van der Waals surface area contributed by atoms with Crippen LogP contribution >= 0.6 is 34.4 Å². The average molecular weight is 487 g/mol. The summed E-state index contributed by atoms with van der Waals surface area (Å²) in [7, 11) is 0. The summed E-state index contributed by atoms with van der Waals surface area (Å²) in [6.45, 7) is 6.07. The Labute approximate surface area is 197 Å². The fraction of sp³-hybridized carbons (Fsp3) is 0.364. The Morgan fingerprint density at radius 1 is 1.41 bits per heavy atom. The summed E-state index contributed by atoms with van der Waals surface area (Å²) in [5.74, 6) is -0.232. The van der Waals surface area contributed by atoms with Gasteiger partial charge in [0.05, 0.1) is 17.6 Å². The van der Waals surface area contributed by atoms with Crippen molar-refractivity contribution in [3.63, 3.8) is 0 Å². The Balaban J connectivity index is 1.76. The number of anilines is 1. The van der Waals surface area contributed by atoms with E-state index in [1.165, 1.54) is 16.6 Å². The number of fused-ring (bicyclic) bond motifs is 3. The van der Waals surface area contributed by atoms with Gasteiger partial charge in [0.1, 0.15) is 20.8 Å². The molecule has 0 spiro atoms. The number of aryl methyl sites for hydroxylation is 2. The summed E-state index contributed by atoms with van der Waals surface area (Å²) < 4.78 is 6.75. The van der Waals surface area contributed by atoms with E-state index in [9.17, 15) is 14.9 Å². The average Bonchev–Trinajstić information content (AvgIpc) is 3.31. The molecule has 10 heteroatoms. The van der Waals surface area contributed by atoms with Crippen LogP contribution in [0.3, 0.4) is 0 Å². The predicted octanol–water partition coefficient (Wildman–Crippen LogP) is 4.51. The molecule has 32 heavy (non-hydrogen) atoms. The van der Waals surface area contributed by atoms with Gasteiger partial charge in [-0.3, -0.25) is 9.36 Å². The Morgan fingerprint density at radius 3 is 2.91 bits per heavy atom. The number of ether oxygens (including phenoxy) is 1. The molecule has 0 aromatic carbocycles. The molecular formula is C22H22N4O3S3. The summed E-state index contributed by atoms with van der Waals surface area (Å²) in [5, 5.41) is 11.1. The van der Waals surface area contributed by atoms with E-state index >= 15 is 0 Å². The van der Waals surface area contributed by atoms with E-state index in [0.717, 1.165) is 52.8 Å². The number of nitriles is 1. The number of esters is 1. The first kappa shape index (κ1) is 22.6. The molecule has 166 valence electrons. The van der Waals surface area contributed by atoms with Crippen LogP contribution in [0.4, 0.5) is 5.00 Å². The van der Waals surface area contributed by atoms with Gasteiger partial charge in [-0.1, -0.05) is 17.8 Å². The molecule has 1 aliphatic carbocycles. The SMILES string of the molecule is C=CCn1c(SCc2c(C(=O)OCC)sc(N)c2C#N)nc2sc3c(c2c1=O)CCCC3. The van der Waals surface area contributed by atoms with Crippen molar-refractivity contribution < 1.29 is 9.53 Å². The van der Waals surface area contributed by atoms with Gasteiger partial charge in [-0.05, 0) is 38.2 Å². The number of carbonyl (C=O) groups is 1. The van der Waals surface area contributed by atoms with Crippen molar-refractivity contribution in [2.75, 3.05) is 12.3 Å². The Hall–Kier alpha value is -2.61. The third-order valence-electron chi connectivity index (χ3n) is 5.30. The highest BCUT2D eigenvalue weighted by molar-refractivity contribution is 7.98. The van der Waals surface area contributed by atoms with Crippen molar-refractivity contribution in [1.29, 1.82) is 5.26 Å². The van der Waals surface area contributed by atoms with Crippen LogP contribution in [0.15, 0.2) is 22.6 Å². The van der Waals surface area contributed by atoms with E-state index in [-0.39, 0.29) is 28.5 Å². The number of nitrogens with zero attached hydrogens (tertiary/aromatic N) is 3. The molecule has 1 aliphatic rings. The minimum atomic E-state index is -0.501. The number of nitrogen functional groups attached to an aromatic ring is 1. The number of thioether (sulfide) groups is 1. The minimum Gasteiger partial charge on any atom is -0.462 e. The Bertz CT molecular complexity index is 1310. The van der Waals surface area contributed by atoms with Crippen LogP contribution in [0.5, 0.6) is 0 Å². The lowest BCUT2D eigenvalue weighted by atomic mass is 9.97. The van der Waals surface area contributed by atoms with Gasteiger partial charge in [-0.25, -0.2) is 9.78 Å². The van der Waals surface area contributed by atoms with Crippen LogP contribution in [-0.2, 0) is 29.9 Å². The van der Waals surface area contributed by atoms with Crippen molar-refractivity contribution in [3.8, 4) is 6.07 Å². The summed E-state index contributed by atoms with van der Waals surface area (Å²) in [6, 6.07) is 2.09. The Kier molecular flexibility index (Phi) is 6.69. The molecule has 2 N–H and O–H groups in total. The second-order valence-corrected chi connectivity index (χ2v) is 10.3. The summed E-state index contributed by atoms with van der Waals surface area (Å²) in [5.41, 5.74) is 7.86. The maximum absolute atomic E-state index is 13.4. The zero-order valence-electron chi connectivity index (χ0n) is 17.6. The lowest BCUT2D eigenvalue weighted by Crippen LogP contribution is -2.23. The van der Waals surface area contributed by atoms with Gasteiger partial charge < -0.3 is 10.5 Å². The maximum Gasteiger partial charge on any atom is 0.348 e. The van der Waals surface area contributed by atoms with Gasteiger partial charge in [0.25, 0.3) is 5.56 Å². The van der Waals surface area contributed by atoms with Crippen molar-refractivity contribution >= 4 is 55.6 Å². The molecule has 0 bridgehead atoms. The summed E-state index contributed by atoms with van der Waals surface area (Å²) in [6.07, 6.45) is 5.79. The molecule has 4 rings (SSSR count). The highest BCUT2D eigenvalue weighted by Gasteiger charge is 2.25. The second kappa shape index (κ2) is 9.48. The molecule has 7 nitrogen and oxygen atoms in total. The molecule has 3 aromatic rings. The fourth-order valence-electron chi connectivity index (χ4n) is 3.86. The van der Waals surface area contributed by atoms with E-state index in [4.69, 9.17) is 15.5 Å². The zero-order valence-corrected chi connectivity index (χ0v) is 20.1. The minimum absolute atomic E-state index is 0.0623. The quantitative estimate of drug-likeness (QED) is 0.226. The molecule has 0 atom stereocenters. The van der Waals surface area contributed by atoms with E-state index in [1.54, 1.807) is 28.9 Å². The number of hydrogen-bond donors (Lipinski definition) is 1. The summed E-state index contributed by atoms with van der Waals surface area (Å²) >= 11 is 3.96. The predicted molar refractivity (Wildman–Crippen MR) is 130 cm³/mol. The first-order valence-corrected chi connectivity index (χ1v) is 12.9. The number of carbonyl (C=O) groups excluding carboxylic acids is 1. The van der Waals surface area contributed by atoms with Crippen LogP contribution in [-0.4, -0.2) is 22.1 Å². The molecule has 0 amide bonds. The van der Waals surface area contributed by atoms with Crippen LogP contribution < -0.4 is 11.3 Å². The highest BCUT2D eigenvalue weighted by atomic mass is 32.2. The normalized spacial score (nSPS) is 13.0. The number of rotatable bonds is 7. The molecule has 0 fully saturated rings. The van der Waals surface area contributed by atoms with Crippen LogP contribution in [0, 0.1) is 11.3 Å². The Morgan fingerprint density at radius 2 is 2.19 bits per heavy atom. The third kappa shape index (κ3) is 3.96. The molecule has 0 unspecified atom stereocenters. The van der Waals surface area contributed by atoms with Crippen molar-refractivity contribution in [1.82, 2.24) is 9.55 Å². The van der Waals surface area contributed by atoms with E-state index < -0.39 is 5.97 Å². The summed E-state index contributed by atoms with van der Waals surface area (Å²) in [4.78, 5) is 32.9. The van der Waals surface area contributed by atoms with Crippen LogP contribution in [0.1, 0.15) is 51.0 Å². The monoisotopic (exact) mass is 486 g/mol. The molecule has 0 aliphatic heterocycles. The third-order valence-corrected chi connectivity index (χ3v) is 8.53. The maximum atomic E-state index is 13.4. The van der Waals surface area contributed by atoms with Crippen molar-refractivity contribution in [3.05, 3.63) is 49.5 Å². The molecule has 0 saturated carbocycles. The zero-order chi connectivity index (χ0) is 22.8. The number of nitrogens with two attached hydrogens (primary N) is 1. The van der Waals surface area contributed by atoms with Gasteiger partial charge in [-0.15, -0.1) is 29.3 Å². The molecule has 0 radical (unpaired) electrons. The molecular weight excluding hydrogens is 464 g/mol. The molecule has 0 saturated heterocycles. The van der Waals surface area contributed by atoms with Gasteiger partial charge in [0.2, 0.25) is 0 Å². The van der Waals surface area contributed by atoms with Gasteiger partial charge in [0, 0.05) is 22.7 Å². The van der Waals surface area contributed by atoms with E-state index in [1.807, 2.05) is 0 Å². The lowest BCUT2D eigenvalue weighted by molar-refractivity contribution is 0.0531. The van der Waals surface area contributed by atoms with Gasteiger partial charge in [0.15, 0.2) is 5.16 Å². The first-order chi connectivity index (χ1) is 15.5. The number of hydrogen-bond acceptors (Lipinski definition) is 9. The number of allylic oxidation sites excluding steroid dienone is 1. The van der Waals surface area contributed by atoms with Crippen molar-refractivity contribution in [2.45, 2.75) is 50.1 Å².